The summed E-state index contributed by atoms with van der Waals surface area (Å²) in [6, 6.07) is 9.89. The average molecular weight is 335 g/mol. The molecule has 5 nitrogen and oxygen atoms in total. The molecule has 3 rings (SSSR count). The number of para-hydroxylation sites is 1. The molecule has 2 N–H and O–H groups in total. The number of rotatable bonds is 2. The van der Waals surface area contributed by atoms with Gasteiger partial charge in [0.15, 0.2) is 10.4 Å². The number of fused-ring (bicyclic) bond motifs is 1. The molecule has 0 unspecified atom stereocenters. The third kappa shape index (κ3) is 2.02. The Labute approximate surface area is 123 Å². The minimum absolute atomic E-state index is 0.167. The molecule has 6 heteroatoms. The van der Waals surface area contributed by atoms with Crippen LogP contribution in [0.5, 0.6) is 0 Å². The molecule has 2 aromatic rings. The second-order valence-corrected chi connectivity index (χ2v) is 5.31. The highest BCUT2D eigenvalue weighted by Gasteiger charge is 2.38. The second-order valence-electron chi connectivity index (χ2n) is 4.53. The maximum absolute atomic E-state index is 12.5. The van der Waals surface area contributed by atoms with Gasteiger partial charge in [-0.2, -0.15) is 0 Å². The maximum atomic E-state index is 12.5. The van der Waals surface area contributed by atoms with Crippen LogP contribution < -0.4 is 10.6 Å². The van der Waals surface area contributed by atoms with Gasteiger partial charge in [-0.05, 0) is 39.7 Å². The van der Waals surface area contributed by atoms with E-state index in [0.29, 0.717) is 16.8 Å². The van der Waals surface area contributed by atoms with Gasteiger partial charge in [0, 0.05) is 12.1 Å². The number of benzene rings is 1. The SMILES string of the molecule is NC(=O)[C@H]1Cc2ccccc2N1C(=O)c1ccc(Br)o1. The molecule has 2 amide bonds. The Kier molecular flexibility index (Phi) is 3.10. The van der Waals surface area contributed by atoms with E-state index in [4.69, 9.17) is 10.2 Å². The molecule has 1 atom stereocenters. The number of carbonyl (C=O) groups is 2. The number of anilines is 1. The Hall–Kier alpha value is -2.08. The van der Waals surface area contributed by atoms with E-state index in [1.54, 1.807) is 18.2 Å². The molecule has 1 aliphatic rings. The normalized spacial score (nSPS) is 17.1. The molecule has 0 spiro atoms. The molecule has 0 fully saturated rings. The van der Waals surface area contributed by atoms with Crippen LogP contribution in [0.25, 0.3) is 0 Å². The average Bonchev–Trinajstić information content (AvgIpc) is 3.01. The van der Waals surface area contributed by atoms with E-state index in [1.807, 2.05) is 18.2 Å². The third-order valence-corrected chi connectivity index (χ3v) is 3.73. The number of carbonyl (C=O) groups excluding carboxylic acids is 2. The summed E-state index contributed by atoms with van der Waals surface area (Å²) in [6.45, 7) is 0. The Morgan fingerprint density at radius 1 is 1.25 bits per heavy atom. The molecular weight excluding hydrogens is 324 g/mol. The first-order valence-electron chi connectivity index (χ1n) is 6.04. The zero-order chi connectivity index (χ0) is 14.3. The van der Waals surface area contributed by atoms with Crippen molar-refractivity contribution in [3.8, 4) is 0 Å². The van der Waals surface area contributed by atoms with Crippen LogP contribution in [0, 0.1) is 0 Å². The summed E-state index contributed by atoms with van der Waals surface area (Å²) in [5.41, 5.74) is 7.04. The molecular formula is C14H11BrN2O3. The van der Waals surface area contributed by atoms with Gasteiger partial charge in [-0.3, -0.25) is 14.5 Å². The van der Waals surface area contributed by atoms with Gasteiger partial charge < -0.3 is 10.2 Å². The standard InChI is InChI=1S/C14H11BrN2O3/c15-12-6-5-11(20-12)14(19)17-9-4-2-1-3-8(9)7-10(17)13(16)18/h1-6,10H,7H2,(H2,16,18)/t10-/m1/s1. The summed E-state index contributed by atoms with van der Waals surface area (Å²) in [5, 5.41) is 0. The number of hydrogen-bond acceptors (Lipinski definition) is 3. The number of nitrogens with two attached hydrogens (primary N) is 1. The van der Waals surface area contributed by atoms with Gasteiger partial charge in [0.05, 0.1) is 0 Å². The summed E-state index contributed by atoms with van der Waals surface area (Å²) in [6.07, 6.45) is 0.430. The smallest absolute Gasteiger partial charge is 0.294 e. The van der Waals surface area contributed by atoms with Crippen molar-refractivity contribution in [3.63, 3.8) is 0 Å². The monoisotopic (exact) mass is 334 g/mol. The van der Waals surface area contributed by atoms with Crippen molar-refractivity contribution < 1.29 is 14.0 Å². The molecule has 0 saturated carbocycles. The van der Waals surface area contributed by atoms with E-state index in [9.17, 15) is 9.59 Å². The van der Waals surface area contributed by atoms with Gasteiger partial charge in [0.25, 0.3) is 5.91 Å². The molecule has 0 aliphatic carbocycles. The Morgan fingerprint density at radius 3 is 2.65 bits per heavy atom. The highest BCUT2D eigenvalue weighted by atomic mass is 79.9. The van der Waals surface area contributed by atoms with Crippen LogP contribution in [0.15, 0.2) is 45.5 Å². The minimum Gasteiger partial charge on any atom is -0.444 e. The fraction of sp³-hybridized carbons (Fsp3) is 0.143. The Morgan fingerprint density at radius 2 is 2.00 bits per heavy atom. The quantitative estimate of drug-likeness (QED) is 0.913. The lowest BCUT2D eigenvalue weighted by Crippen LogP contribution is -2.46. The number of furan rings is 1. The lowest BCUT2D eigenvalue weighted by molar-refractivity contribution is -0.119. The number of primary amides is 1. The predicted octanol–water partition coefficient (Wildman–Crippen LogP) is 2.10. The highest BCUT2D eigenvalue weighted by Crippen LogP contribution is 2.33. The van der Waals surface area contributed by atoms with Crippen molar-refractivity contribution >= 4 is 33.4 Å². The largest absolute Gasteiger partial charge is 0.444 e. The van der Waals surface area contributed by atoms with Crippen molar-refractivity contribution in [2.45, 2.75) is 12.5 Å². The molecule has 2 heterocycles. The number of nitrogens with zero attached hydrogens (tertiary/aromatic N) is 1. The maximum Gasteiger partial charge on any atom is 0.294 e. The first-order chi connectivity index (χ1) is 9.58. The molecule has 1 aromatic heterocycles. The lowest BCUT2D eigenvalue weighted by Gasteiger charge is -2.22. The van der Waals surface area contributed by atoms with Gasteiger partial charge in [0.2, 0.25) is 5.91 Å². The third-order valence-electron chi connectivity index (χ3n) is 3.31. The van der Waals surface area contributed by atoms with Crippen LogP contribution >= 0.6 is 15.9 Å². The number of halogens is 1. The first kappa shape index (κ1) is 12.9. The fourth-order valence-electron chi connectivity index (χ4n) is 2.41. The van der Waals surface area contributed by atoms with Crippen LogP contribution in [0.3, 0.4) is 0 Å². The Balaban J connectivity index is 2.04. The van der Waals surface area contributed by atoms with Gasteiger partial charge in [-0.15, -0.1) is 0 Å². The summed E-state index contributed by atoms with van der Waals surface area (Å²) >= 11 is 3.16. The van der Waals surface area contributed by atoms with Gasteiger partial charge in [-0.1, -0.05) is 18.2 Å². The van der Waals surface area contributed by atoms with Crippen molar-refractivity contribution in [2.24, 2.45) is 5.73 Å². The minimum atomic E-state index is -0.677. The molecule has 0 bridgehead atoms. The second kappa shape index (κ2) is 4.79. The number of hydrogen-bond donors (Lipinski definition) is 1. The molecule has 20 heavy (non-hydrogen) atoms. The van der Waals surface area contributed by atoms with Crippen LogP contribution in [0.4, 0.5) is 5.69 Å². The van der Waals surface area contributed by atoms with Crippen molar-refractivity contribution in [1.82, 2.24) is 0 Å². The Bertz CT molecular complexity index is 695. The number of amides is 2. The van der Waals surface area contributed by atoms with E-state index in [1.165, 1.54) is 4.90 Å². The molecule has 102 valence electrons. The van der Waals surface area contributed by atoms with E-state index in [2.05, 4.69) is 15.9 Å². The topological polar surface area (TPSA) is 76.5 Å². The van der Waals surface area contributed by atoms with E-state index < -0.39 is 11.9 Å². The van der Waals surface area contributed by atoms with Crippen molar-refractivity contribution in [1.29, 1.82) is 0 Å². The van der Waals surface area contributed by atoms with Crippen LogP contribution in [0.2, 0.25) is 0 Å². The summed E-state index contributed by atoms with van der Waals surface area (Å²) in [5.74, 6) is -0.732. The molecule has 1 aliphatic heterocycles. The van der Waals surface area contributed by atoms with E-state index >= 15 is 0 Å². The van der Waals surface area contributed by atoms with Crippen molar-refractivity contribution in [3.05, 3.63) is 52.4 Å². The summed E-state index contributed by atoms with van der Waals surface area (Å²) in [4.78, 5) is 25.6. The zero-order valence-corrected chi connectivity index (χ0v) is 12.0. The predicted molar refractivity (Wildman–Crippen MR) is 76.3 cm³/mol. The van der Waals surface area contributed by atoms with E-state index in [0.717, 1.165) is 5.56 Å². The van der Waals surface area contributed by atoms with Crippen molar-refractivity contribution in [2.75, 3.05) is 4.90 Å². The molecule has 0 saturated heterocycles. The van der Waals surface area contributed by atoms with E-state index in [-0.39, 0.29) is 11.7 Å². The van der Waals surface area contributed by atoms with Gasteiger partial charge in [0.1, 0.15) is 6.04 Å². The van der Waals surface area contributed by atoms with Crippen LogP contribution in [-0.4, -0.2) is 17.9 Å². The zero-order valence-electron chi connectivity index (χ0n) is 10.4. The lowest BCUT2D eigenvalue weighted by atomic mass is 10.1. The van der Waals surface area contributed by atoms with Crippen LogP contribution in [0.1, 0.15) is 16.1 Å². The molecule has 0 radical (unpaired) electrons. The van der Waals surface area contributed by atoms with Gasteiger partial charge in [-0.25, -0.2) is 0 Å². The van der Waals surface area contributed by atoms with Gasteiger partial charge >= 0.3 is 0 Å². The highest BCUT2D eigenvalue weighted by molar-refractivity contribution is 9.10. The summed E-state index contributed by atoms with van der Waals surface area (Å²) in [7, 11) is 0. The van der Waals surface area contributed by atoms with Crippen LogP contribution in [-0.2, 0) is 11.2 Å². The fourth-order valence-corrected chi connectivity index (χ4v) is 2.72. The summed E-state index contributed by atoms with van der Waals surface area (Å²) < 4.78 is 5.74. The molecule has 1 aromatic carbocycles. The first-order valence-corrected chi connectivity index (χ1v) is 6.83.